The topological polar surface area (TPSA) is 58.6 Å². The van der Waals surface area contributed by atoms with Crippen LogP contribution in [0.3, 0.4) is 0 Å². The molecule has 1 N–H and O–H groups in total. The fraction of sp³-hybridized carbons (Fsp3) is 0.696. The van der Waals surface area contributed by atoms with Crippen LogP contribution in [0.2, 0.25) is 0 Å². The number of guanidine groups is 1. The van der Waals surface area contributed by atoms with Crippen LogP contribution >= 0.6 is 24.0 Å². The Hall–Kier alpha value is -1.26. The van der Waals surface area contributed by atoms with Crippen molar-refractivity contribution in [2.75, 3.05) is 72.1 Å². The van der Waals surface area contributed by atoms with Gasteiger partial charge in [-0.05, 0) is 43.7 Å². The van der Waals surface area contributed by atoms with Crippen molar-refractivity contribution in [3.63, 3.8) is 0 Å². The van der Waals surface area contributed by atoms with Crippen molar-refractivity contribution in [2.24, 2.45) is 10.9 Å². The molecule has 0 radical (unpaired) electrons. The second-order valence-electron chi connectivity index (χ2n) is 8.10. The number of benzene rings is 1. The van der Waals surface area contributed by atoms with Gasteiger partial charge in [-0.3, -0.25) is 4.99 Å². The van der Waals surface area contributed by atoms with E-state index in [2.05, 4.69) is 32.2 Å². The lowest BCUT2D eigenvalue weighted by molar-refractivity contribution is 0.00989. The number of rotatable bonds is 9. The zero-order chi connectivity index (χ0) is 21.2. The Balaban J connectivity index is 0.00000341. The average Bonchev–Trinajstić information content (AvgIpc) is 3.27. The Labute approximate surface area is 204 Å². The molecular formula is C23H39IN4O3. The maximum absolute atomic E-state index is 5.98. The number of nitrogens with zero attached hydrogens (tertiary/aromatic N) is 3. The summed E-state index contributed by atoms with van der Waals surface area (Å²) in [7, 11) is 5.36. The van der Waals surface area contributed by atoms with Crippen molar-refractivity contribution in [1.29, 1.82) is 0 Å². The molecule has 31 heavy (non-hydrogen) atoms. The third-order valence-electron chi connectivity index (χ3n) is 6.06. The number of hydrogen-bond acceptors (Lipinski definition) is 5. The van der Waals surface area contributed by atoms with Crippen LogP contribution in [0.1, 0.15) is 25.7 Å². The Kier molecular flexibility index (Phi) is 11.7. The molecule has 0 aliphatic carbocycles. The lowest BCUT2D eigenvalue weighted by atomic mass is 10.1. The first-order valence-electron chi connectivity index (χ1n) is 11.2. The molecule has 1 aromatic carbocycles. The van der Waals surface area contributed by atoms with Crippen molar-refractivity contribution < 1.29 is 14.2 Å². The van der Waals surface area contributed by atoms with Gasteiger partial charge in [0.15, 0.2) is 5.96 Å². The predicted octanol–water partition coefficient (Wildman–Crippen LogP) is 3.23. The summed E-state index contributed by atoms with van der Waals surface area (Å²) < 4.78 is 16.6. The number of piperidine rings is 1. The predicted molar refractivity (Wildman–Crippen MR) is 137 cm³/mol. The Bertz CT molecular complexity index is 668. The number of para-hydroxylation sites is 2. The maximum Gasteiger partial charge on any atom is 0.193 e. The molecule has 176 valence electrons. The fourth-order valence-corrected chi connectivity index (χ4v) is 4.36. The van der Waals surface area contributed by atoms with E-state index in [1.807, 2.05) is 19.2 Å². The Morgan fingerprint density at radius 3 is 2.58 bits per heavy atom. The van der Waals surface area contributed by atoms with Gasteiger partial charge in [0.25, 0.3) is 0 Å². The van der Waals surface area contributed by atoms with Gasteiger partial charge in [-0.2, -0.15) is 0 Å². The molecule has 1 atom stereocenters. The van der Waals surface area contributed by atoms with Crippen LogP contribution in [0.4, 0.5) is 5.69 Å². The molecule has 1 unspecified atom stereocenters. The van der Waals surface area contributed by atoms with E-state index in [1.165, 1.54) is 12.1 Å². The molecule has 0 amide bonds. The van der Waals surface area contributed by atoms with Gasteiger partial charge < -0.3 is 29.3 Å². The van der Waals surface area contributed by atoms with Gasteiger partial charge in [-0.25, -0.2) is 0 Å². The highest BCUT2D eigenvalue weighted by Gasteiger charge is 2.26. The van der Waals surface area contributed by atoms with E-state index < -0.39 is 0 Å². The molecule has 0 aromatic heterocycles. The fourth-order valence-electron chi connectivity index (χ4n) is 4.36. The standard InChI is InChI=1S/C23H38N4O3.HI/c1-24-23(26-13-10-20(11-14-26)30-16-6-15-28-2)25-17-19-9-12-27(18-19)21-7-4-5-8-22(21)29-3;/h4-5,7-8,19-20H,6,9-18H2,1-3H3,(H,24,25);1H. The molecular weight excluding hydrogens is 507 g/mol. The summed E-state index contributed by atoms with van der Waals surface area (Å²) in [6.45, 7) is 6.60. The average molecular weight is 546 g/mol. The summed E-state index contributed by atoms with van der Waals surface area (Å²) in [5.74, 6) is 2.58. The van der Waals surface area contributed by atoms with Crippen molar-refractivity contribution in [2.45, 2.75) is 31.8 Å². The summed E-state index contributed by atoms with van der Waals surface area (Å²) in [5, 5.41) is 3.62. The molecule has 2 heterocycles. The maximum atomic E-state index is 5.98. The third-order valence-corrected chi connectivity index (χ3v) is 6.06. The van der Waals surface area contributed by atoms with Gasteiger partial charge in [0.05, 0.1) is 18.9 Å². The molecule has 2 aliphatic heterocycles. The largest absolute Gasteiger partial charge is 0.495 e. The van der Waals surface area contributed by atoms with Crippen molar-refractivity contribution >= 4 is 35.6 Å². The van der Waals surface area contributed by atoms with E-state index in [9.17, 15) is 0 Å². The van der Waals surface area contributed by atoms with Gasteiger partial charge in [-0.1, -0.05) is 12.1 Å². The highest BCUT2D eigenvalue weighted by Crippen LogP contribution is 2.31. The number of hydrogen-bond donors (Lipinski definition) is 1. The summed E-state index contributed by atoms with van der Waals surface area (Å²) in [4.78, 5) is 9.32. The van der Waals surface area contributed by atoms with Crippen LogP contribution < -0.4 is 15.0 Å². The zero-order valence-corrected chi connectivity index (χ0v) is 21.5. The van der Waals surface area contributed by atoms with Crippen molar-refractivity contribution in [3.05, 3.63) is 24.3 Å². The monoisotopic (exact) mass is 546 g/mol. The molecule has 3 rings (SSSR count). The van der Waals surface area contributed by atoms with E-state index in [0.717, 1.165) is 76.9 Å². The minimum absolute atomic E-state index is 0. The van der Waals surface area contributed by atoms with Crippen LogP contribution in [0.15, 0.2) is 29.3 Å². The van der Waals surface area contributed by atoms with Crippen molar-refractivity contribution in [1.82, 2.24) is 10.2 Å². The summed E-state index contributed by atoms with van der Waals surface area (Å²) in [5.41, 5.74) is 1.19. The number of nitrogens with one attached hydrogen (secondary N) is 1. The third kappa shape index (κ3) is 7.68. The number of halogens is 1. The van der Waals surface area contributed by atoms with Crippen LogP contribution in [-0.2, 0) is 9.47 Å². The normalized spacial score (nSPS) is 20.0. The van der Waals surface area contributed by atoms with E-state index in [4.69, 9.17) is 14.2 Å². The van der Waals surface area contributed by atoms with Gasteiger partial charge >= 0.3 is 0 Å². The SMILES string of the molecule is CN=C(NCC1CCN(c2ccccc2OC)C1)N1CCC(OCCCOC)CC1.I. The highest BCUT2D eigenvalue weighted by atomic mass is 127. The van der Waals surface area contributed by atoms with Gasteiger partial charge in [-0.15, -0.1) is 24.0 Å². The van der Waals surface area contributed by atoms with Crippen LogP contribution in [-0.4, -0.2) is 84.2 Å². The van der Waals surface area contributed by atoms with Gasteiger partial charge in [0, 0.05) is 60.1 Å². The second kappa shape index (κ2) is 14.0. The van der Waals surface area contributed by atoms with Gasteiger partial charge in [0.1, 0.15) is 5.75 Å². The lowest BCUT2D eigenvalue weighted by Gasteiger charge is -2.34. The second-order valence-corrected chi connectivity index (χ2v) is 8.10. The molecule has 2 aliphatic rings. The quantitative estimate of drug-likeness (QED) is 0.222. The first-order valence-corrected chi connectivity index (χ1v) is 11.2. The van der Waals surface area contributed by atoms with Gasteiger partial charge in [0.2, 0.25) is 0 Å². The Morgan fingerprint density at radius 2 is 1.87 bits per heavy atom. The van der Waals surface area contributed by atoms with Crippen molar-refractivity contribution in [3.8, 4) is 5.75 Å². The molecule has 2 saturated heterocycles. The molecule has 0 bridgehead atoms. The number of methoxy groups -OCH3 is 2. The van der Waals surface area contributed by atoms with E-state index in [0.29, 0.717) is 12.0 Å². The van der Waals surface area contributed by atoms with E-state index >= 15 is 0 Å². The van der Waals surface area contributed by atoms with Crippen LogP contribution in [0.5, 0.6) is 5.75 Å². The number of aliphatic imine (C=N–C) groups is 1. The molecule has 8 heteroatoms. The first kappa shape index (κ1) is 26.0. The molecule has 2 fully saturated rings. The van der Waals surface area contributed by atoms with Crippen LogP contribution in [0, 0.1) is 5.92 Å². The molecule has 1 aromatic rings. The smallest absolute Gasteiger partial charge is 0.193 e. The van der Waals surface area contributed by atoms with E-state index in [1.54, 1.807) is 14.2 Å². The summed E-state index contributed by atoms with van der Waals surface area (Å²) >= 11 is 0. The summed E-state index contributed by atoms with van der Waals surface area (Å²) in [6.07, 6.45) is 4.62. The number of ether oxygens (including phenoxy) is 3. The van der Waals surface area contributed by atoms with Crippen LogP contribution in [0.25, 0.3) is 0 Å². The number of anilines is 1. The minimum atomic E-state index is 0. The molecule has 7 nitrogen and oxygen atoms in total. The Morgan fingerprint density at radius 1 is 1.10 bits per heavy atom. The zero-order valence-electron chi connectivity index (χ0n) is 19.2. The number of likely N-dealkylation sites (tertiary alicyclic amines) is 1. The summed E-state index contributed by atoms with van der Waals surface area (Å²) in [6, 6.07) is 8.29. The molecule has 0 spiro atoms. The van der Waals surface area contributed by atoms with E-state index in [-0.39, 0.29) is 24.0 Å². The minimum Gasteiger partial charge on any atom is -0.495 e. The lowest BCUT2D eigenvalue weighted by Crippen LogP contribution is -2.48. The highest BCUT2D eigenvalue weighted by molar-refractivity contribution is 14.0. The first-order chi connectivity index (χ1) is 14.7. The molecule has 0 saturated carbocycles.